The van der Waals surface area contributed by atoms with Gasteiger partial charge in [-0.05, 0) is 18.6 Å². The monoisotopic (exact) mass is 220 g/mol. The summed E-state index contributed by atoms with van der Waals surface area (Å²) in [5, 5.41) is 21.4. The summed E-state index contributed by atoms with van der Waals surface area (Å²) >= 11 is 0. The van der Waals surface area contributed by atoms with E-state index in [1.165, 1.54) is 0 Å². The zero-order valence-electron chi connectivity index (χ0n) is 9.31. The van der Waals surface area contributed by atoms with Gasteiger partial charge in [0.05, 0.1) is 24.0 Å². The molecule has 0 bridgehead atoms. The third kappa shape index (κ3) is 3.89. The van der Waals surface area contributed by atoms with Crippen LogP contribution < -0.4 is 5.32 Å². The molecule has 86 valence electrons. The van der Waals surface area contributed by atoms with Gasteiger partial charge >= 0.3 is 0 Å². The van der Waals surface area contributed by atoms with E-state index in [9.17, 15) is 5.11 Å². The van der Waals surface area contributed by atoms with E-state index in [4.69, 9.17) is 10.00 Å². The maximum Gasteiger partial charge on any atom is 0.101 e. The number of methoxy groups -OCH3 is 1. The number of para-hydroxylation sites is 1. The van der Waals surface area contributed by atoms with Crippen LogP contribution in [0.25, 0.3) is 0 Å². The second-order valence-electron chi connectivity index (χ2n) is 3.48. The number of nitriles is 1. The minimum atomic E-state index is -0.466. The zero-order valence-corrected chi connectivity index (χ0v) is 9.31. The van der Waals surface area contributed by atoms with Crippen LogP contribution in [0.1, 0.15) is 12.0 Å². The number of hydrogen-bond donors (Lipinski definition) is 2. The van der Waals surface area contributed by atoms with Crippen LogP contribution in [-0.4, -0.2) is 31.5 Å². The first-order valence-corrected chi connectivity index (χ1v) is 5.18. The van der Waals surface area contributed by atoms with Crippen molar-refractivity contribution in [3.8, 4) is 6.07 Å². The number of benzene rings is 1. The molecule has 0 spiro atoms. The molecule has 0 amide bonds. The van der Waals surface area contributed by atoms with Crippen LogP contribution in [0.3, 0.4) is 0 Å². The Balaban J connectivity index is 2.40. The van der Waals surface area contributed by atoms with Crippen LogP contribution in [0, 0.1) is 11.3 Å². The number of rotatable bonds is 6. The molecule has 1 aromatic carbocycles. The number of nitrogens with zero attached hydrogens (tertiary/aromatic N) is 1. The average Bonchev–Trinajstić information content (AvgIpc) is 2.30. The van der Waals surface area contributed by atoms with Crippen molar-refractivity contribution >= 4 is 5.69 Å². The van der Waals surface area contributed by atoms with E-state index in [1.807, 2.05) is 18.2 Å². The standard InChI is InChI=1S/C12H16N2O2/c1-16-9-11(15)6-7-14-12-5-3-2-4-10(12)8-13/h2-5,11,14-15H,6-7,9H2,1H3. The van der Waals surface area contributed by atoms with Crippen molar-refractivity contribution in [3.63, 3.8) is 0 Å². The van der Waals surface area contributed by atoms with Crippen LogP contribution >= 0.6 is 0 Å². The Hall–Kier alpha value is -1.57. The quantitative estimate of drug-likeness (QED) is 0.760. The lowest BCUT2D eigenvalue weighted by Crippen LogP contribution is -2.18. The van der Waals surface area contributed by atoms with Gasteiger partial charge in [-0.3, -0.25) is 0 Å². The third-order valence-electron chi connectivity index (χ3n) is 2.20. The van der Waals surface area contributed by atoms with Gasteiger partial charge in [-0.15, -0.1) is 0 Å². The van der Waals surface area contributed by atoms with Crippen molar-refractivity contribution in [2.75, 3.05) is 25.6 Å². The molecular formula is C12H16N2O2. The Kier molecular flexibility index (Phi) is 5.34. The number of aliphatic hydroxyl groups excluding tert-OH is 1. The summed E-state index contributed by atoms with van der Waals surface area (Å²) in [5.74, 6) is 0. The molecule has 1 rings (SSSR count). The molecule has 0 aliphatic heterocycles. The Labute approximate surface area is 95.5 Å². The van der Waals surface area contributed by atoms with E-state index in [2.05, 4.69) is 11.4 Å². The fourth-order valence-electron chi connectivity index (χ4n) is 1.38. The number of nitrogens with one attached hydrogen (secondary N) is 1. The second kappa shape index (κ2) is 6.83. The van der Waals surface area contributed by atoms with E-state index < -0.39 is 6.10 Å². The number of anilines is 1. The summed E-state index contributed by atoms with van der Waals surface area (Å²) in [4.78, 5) is 0. The highest BCUT2D eigenvalue weighted by Gasteiger charge is 2.04. The van der Waals surface area contributed by atoms with Crippen LogP contribution in [0.2, 0.25) is 0 Å². The summed E-state index contributed by atoms with van der Waals surface area (Å²) < 4.78 is 4.82. The van der Waals surface area contributed by atoms with Gasteiger partial charge in [0.2, 0.25) is 0 Å². The summed E-state index contributed by atoms with van der Waals surface area (Å²) in [6, 6.07) is 9.41. The molecule has 0 heterocycles. The fraction of sp³-hybridized carbons (Fsp3) is 0.417. The van der Waals surface area contributed by atoms with Gasteiger partial charge in [-0.1, -0.05) is 12.1 Å². The molecular weight excluding hydrogens is 204 g/mol. The summed E-state index contributed by atoms with van der Waals surface area (Å²) in [6.45, 7) is 0.949. The lowest BCUT2D eigenvalue weighted by atomic mass is 10.2. The number of aliphatic hydroxyl groups is 1. The highest BCUT2D eigenvalue weighted by atomic mass is 16.5. The fourth-order valence-corrected chi connectivity index (χ4v) is 1.38. The molecule has 0 fully saturated rings. The predicted octanol–water partition coefficient (Wildman–Crippen LogP) is 1.37. The SMILES string of the molecule is COCC(O)CCNc1ccccc1C#N. The molecule has 0 saturated heterocycles. The third-order valence-corrected chi connectivity index (χ3v) is 2.20. The molecule has 0 radical (unpaired) electrons. The first kappa shape index (κ1) is 12.5. The molecule has 1 atom stereocenters. The molecule has 0 saturated carbocycles. The predicted molar refractivity (Wildman–Crippen MR) is 62.1 cm³/mol. The van der Waals surface area contributed by atoms with Crippen molar-refractivity contribution in [1.29, 1.82) is 5.26 Å². The van der Waals surface area contributed by atoms with Crippen molar-refractivity contribution in [3.05, 3.63) is 29.8 Å². The normalized spacial score (nSPS) is 11.8. The Morgan fingerprint density at radius 1 is 1.50 bits per heavy atom. The number of hydrogen-bond acceptors (Lipinski definition) is 4. The first-order valence-electron chi connectivity index (χ1n) is 5.18. The maximum absolute atomic E-state index is 9.42. The lowest BCUT2D eigenvalue weighted by molar-refractivity contribution is 0.0615. The Morgan fingerprint density at radius 2 is 2.25 bits per heavy atom. The molecule has 4 nitrogen and oxygen atoms in total. The summed E-state index contributed by atoms with van der Waals surface area (Å²) in [5.41, 5.74) is 1.42. The van der Waals surface area contributed by atoms with Crippen molar-refractivity contribution in [1.82, 2.24) is 0 Å². The van der Waals surface area contributed by atoms with Gasteiger partial charge in [0.1, 0.15) is 6.07 Å². The molecule has 2 N–H and O–H groups in total. The van der Waals surface area contributed by atoms with Crippen molar-refractivity contribution < 1.29 is 9.84 Å². The summed E-state index contributed by atoms with van der Waals surface area (Å²) in [7, 11) is 1.56. The lowest BCUT2D eigenvalue weighted by Gasteiger charge is -2.11. The van der Waals surface area contributed by atoms with Gasteiger partial charge in [0.25, 0.3) is 0 Å². The molecule has 0 aromatic heterocycles. The van der Waals surface area contributed by atoms with Crippen LogP contribution in [0.4, 0.5) is 5.69 Å². The molecule has 1 aromatic rings. The second-order valence-corrected chi connectivity index (χ2v) is 3.48. The van der Waals surface area contributed by atoms with Gasteiger partial charge in [-0.25, -0.2) is 0 Å². The minimum absolute atomic E-state index is 0.335. The largest absolute Gasteiger partial charge is 0.391 e. The van der Waals surface area contributed by atoms with Crippen LogP contribution in [0.5, 0.6) is 0 Å². The highest BCUT2D eigenvalue weighted by molar-refractivity contribution is 5.56. The maximum atomic E-state index is 9.42. The molecule has 0 aliphatic carbocycles. The summed E-state index contributed by atoms with van der Waals surface area (Å²) in [6.07, 6.45) is 0.125. The van der Waals surface area contributed by atoms with Crippen LogP contribution in [0.15, 0.2) is 24.3 Å². The van der Waals surface area contributed by atoms with Gasteiger partial charge in [-0.2, -0.15) is 5.26 Å². The first-order chi connectivity index (χ1) is 7.77. The highest BCUT2D eigenvalue weighted by Crippen LogP contribution is 2.13. The minimum Gasteiger partial charge on any atom is -0.391 e. The molecule has 1 unspecified atom stereocenters. The van der Waals surface area contributed by atoms with Crippen LogP contribution in [-0.2, 0) is 4.74 Å². The van der Waals surface area contributed by atoms with Crippen molar-refractivity contribution in [2.45, 2.75) is 12.5 Å². The van der Waals surface area contributed by atoms with Gasteiger partial charge < -0.3 is 15.2 Å². The van der Waals surface area contributed by atoms with Gasteiger partial charge in [0, 0.05) is 13.7 Å². The van der Waals surface area contributed by atoms with Crippen molar-refractivity contribution in [2.24, 2.45) is 0 Å². The topological polar surface area (TPSA) is 65.3 Å². The van der Waals surface area contributed by atoms with E-state index in [-0.39, 0.29) is 0 Å². The zero-order chi connectivity index (χ0) is 11.8. The molecule has 16 heavy (non-hydrogen) atoms. The molecule has 0 aliphatic rings. The Morgan fingerprint density at radius 3 is 2.94 bits per heavy atom. The van der Waals surface area contributed by atoms with E-state index in [0.717, 1.165) is 5.69 Å². The smallest absolute Gasteiger partial charge is 0.101 e. The van der Waals surface area contributed by atoms with E-state index in [1.54, 1.807) is 13.2 Å². The van der Waals surface area contributed by atoms with Gasteiger partial charge in [0.15, 0.2) is 0 Å². The average molecular weight is 220 g/mol. The number of ether oxygens (including phenoxy) is 1. The van der Waals surface area contributed by atoms with E-state index >= 15 is 0 Å². The Bertz CT molecular complexity index is 360. The molecule has 4 heteroatoms. The van der Waals surface area contributed by atoms with E-state index in [0.29, 0.717) is 25.1 Å².